The molecule has 0 saturated carbocycles. The Hall–Kier alpha value is -3.65. The van der Waals surface area contributed by atoms with Gasteiger partial charge in [-0.05, 0) is 61.9 Å². The highest BCUT2D eigenvalue weighted by molar-refractivity contribution is 6.03. The van der Waals surface area contributed by atoms with Crippen LogP contribution in [0.25, 0.3) is 0 Å². The molecule has 0 atom stereocenters. The van der Waals surface area contributed by atoms with Crippen LogP contribution in [0, 0.1) is 18.3 Å². The number of hydrogen-bond donors (Lipinski definition) is 1. The van der Waals surface area contributed by atoms with Crippen molar-refractivity contribution in [2.45, 2.75) is 13.8 Å². The average Bonchev–Trinajstić information content (AvgIpc) is 2.69. The number of amides is 1. The molecule has 1 N–H and O–H groups in total. The van der Waals surface area contributed by atoms with E-state index in [1.54, 1.807) is 36.5 Å². The summed E-state index contributed by atoms with van der Waals surface area (Å²) in [5.74, 6) is -0.313. The summed E-state index contributed by atoms with van der Waals surface area (Å²) in [6.45, 7) is 4.88. The summed E-state index contributed by atoms with van der Waals surface area (Å²) in [7, 11) is 0. The topological polar surface area (TPSA) is 69.0 Å². The summed E-state index contributed by atoms with van der Waals surface area (Å²) in [6.07, 6.45) is 1.63. The fourth-order valence-electron chi connectivity index (χ4n) is 2.88. The predicted molar refractivity (Wildman–Crippen MR) is 107 cm³/mol. The van der Waals surface area contributed by atoms with E-state index in [-0.39, 0.29) is 5.91 Å². The SMILES string of the molecule is CCN(c1cccc(C)c1)c1ccnc(C(=O)Nc2cccc(C#N)c2)c1. The first-order valence-corrected chi connectivity index (χ1v) is 8.72. The zero-order valence-electron chi connectivity index (χ0n) is 15.3. The minimum absolute atomic E-state index is 0.313. The van der Waals surface area contributed by atoms with E-state index in [4.69, 9.17) is 5.26 Å². The van der Waals surface area contributed by atoms with Crippen LogP contribution in [0.3, 0.4) is 0 Å². The quantitative estimate of drug-likeness (QED) is 0.721. The van der Waals surface area contributed by atoms with E-state index < -0.39 is 0 Å². The number of rotatable bonds is 5. The molecule has 134 valence electrons. The molecule has 0 spiro atoms. The molecule has 0 fully saturated rings. The number of nitriles is 1. The number of nitrogens with one attached hydrogen (secondary N) is 1. The van der Waals surface area contributed by atoms with Crippen molar-refractivity contribution < 1.29 is 4.79 Å². The third-order valence-corrected chi connectivity index (χ3v) is 4.17. The molecule has 0 aliphatic heterocycles. The lowest BCUT2D eigenvalue weighted by atomic mass is 10.2. The first kappa shape index (κ1) is 18.2. The Kier molecular flexibility index (Phi) is 5.48. The molecule has 3 aromatic rings. The van der Waals surface area contributed by atoms with E-state index in [0.717, 1.165) is 17.9 Å². The van der Waals surface area contributed by atoms with Crippen LogP contribution in [-0.4, -0.2) is 17.4 Å². The molecule has 0 bridgehead atoms. The van der Waals surface area contributed by atoms with Crippen molar-refractivity contribution in [1.82, 2.24) is 4.98 Å². The Bertz CT molecular complexity index is 1010. The third kappa shape index (κ3) is 4.31. The highest BCUT2D eigenvalue weighted by atomic mass is 16.1. The van der Waals surface area contributed by atoms with Crippen molar-refractivity contribution in [3.8, 4) is 6.07 Å². The molecule has 1 amide bonds. The van der Waals surface area contributed by atoms with Crippen LogP contribution in [0.2, 0.25) is 0 Å². The molecule has 0 unspecified atom stereocenters. The molecule has 5 heteroatoms. The second-order valence-corrected chi connectivity index (χ2v) is 6.13. The van der Waals surface area contributed by atoms with Gasteiger partial charge in [-0.2, -0.15) is 5.26 Å². The molecular weight excluding hydrogens is 336 g/mol. The van der Waals surface area contributed by atoms with Crippen LogP contribution < -0.4 is 10.2 Å². The number of carbonyl (C=O) groups is 1. The standard InChI is InChI=1S/C22H20N4O/c1-3-26(19-9-4-6-16(2)12-19)20-10-11-24-21(14-20)22(27)25-18-8-5-7-17(13-18)15-23/h4-14H,3H2,1-2H3,(H,25,27). The maximum atomic E-state index is 12.6. The monoisotopic (exact) mass is 356 g/mol. The Labute approximate surface area is 158 Å². The molecule has 0 aliphatic carbocycles. The zero-order valence-corrected chi connectivity index (χ0v) is 15.3. The Morgan fingerprint density at radius 1 is 1.11 bits per heavy atom. The van der Waals surface area contributed by atoms with Gasteiger partial charge in [0.2, 0.25) is 0 Å². The molecule has 1 aromatic heterocycles. The summed E-state index contributed by atoms with van der Waals surface area (Å²) >= 11 is 0. The first-order valence-electron chi connectivity index (χ1n) is 8.72. The maximum Gasteiger partial charge on any atom is 0.274 e. The largest absolute Gasteiger partial charge is 0.342 e. The summed E-state index contributed by atoms with van der Waals surface area (Å²) in [5.41, 5.74) is 4.52. The Morgan fingerprint density at radius 2 is 1.89 bits per heavy atom. The van der Waals surface area contributed by atoms with Crippen LogP contribution in [0.5, 0.6) is 0 Å². The van der Waals surface area contributed by atoms with Gasteiger partial charge in [0, 0.05) is 29.8 Å². The van der Waals surface area contributed by atoms with E-state index in [1.807, 2.05) is 18.2 Å². The lowest BCUT2D eigenvalue weighted by Gasteiger charge is -2.24. The van der Waals surface area contributed by atoms with Gasteiger partial charge in [0.15, 0.2) is 0 Å². The van der Waals surface area contributed by atoms with Gasteiger partial charge in [-0.3, -0.25) is 9.78 Å². The van der Waals surface area contributed by atoms with Crippen LogP contribution >= 0.6 is 0 Å². The predicted octanol–water partition coefficient (Wildman–Crippen LogP) is 4.67. The van der Waals surface area contributed by atoms with Crippen molar-refractivity contribution in [2.24, 2.45) is 0 Å². The highest BCUT2D eigenvalue weighted by Crippen LogP contribution is 2.26. The molecule has 27 heavy (non-hydrogen) atoms. The normalized spacial score (nSPS) is 10.1. The number of hydrogen-bond acceptors (Lipinski definition) is 4. The second kappa shape index (κ2) is 8.15. The molecule has 2 aromatic carbocycles. The molecule has 0 saturated heterocycles. The number of anilines is 3. The molecule has 1 heterocycles. The molecule has 3 rings (SSSR count). The van der Waals surface area contributed by atoms with Crippen molar-refractivity contribution in [1.29, 1.82) is 5.26 Å². The number of aryl methyl sites for hydroxylation is 1. The number of nitrogens with zero attached hydrogens (tertiary/aromatic N) is 3. The van der Waals surface area contributed by atoms with Gasteiger partial charge in [-0.15, -0.1) is 0 Å². The van der Waals surface area contributed by atoms with Crippen LogP contribution in [0.15, 0.2) is 66.9 Å². The van der Waals surface area contributed by atoms with E-state index >= 15 is 0 Å². The van der Waals surface area contributed by atoms with Crippen molar-refractivity contribution in [3.63, 3.8) is 0 Å². The van der Waals surface area contributed by atoms with Crippen molar-refractivity contribution in [3.05, 3.63) is 83.7 Å². The Morgan fingerprint density at radius 3 is 2.63 bits per heavy atom. The summed E-state index contributed by atoms with van der Waals surface area (Å²) in [6, 6.07) is 20.7. The smallest absolute Gasteiger partial charge is 0.274 e. The van der Waals surface area contributed by atoms with Crippen molar-refractivity contribution >= 4 is 23.0 Å². The fraction of sp³-hybridized carbons (Fsp3) is 0.136. The first-order chi connectivity index (χ1) is 13.1. The minimum atomic E-state index is -0.313. The minimum Gasteiger partial charge on any atom is -0.342 e. The Balaban J connectivity index is 1.85. The molecular formula is C22H20N4O. The summed E-state index contributed by atoms with van der Waals surface area (Å²) < 4.78 is 0. The number of aromatic nitrogens is 1. The van der Waals surface area contributed by atoms with Gasteiger partial charge in [0.05, 0.1) is 11.6 Å². The highest BCUT2D eigenvalue weighted by Gasteiger charge is 2.13. The second-order valence-electron chi connectivity index (χ2n) is 6.13. The van der Waals surface area contributed by atoms with Gasteiger partial charge in [0.1, 0.15) is 5.69 Å². The zero-order chi connectivity index (χ0) is 19.2. The molecule has 0 radical (unpaired) electrons. The lowest BCUT2D eigenvalue weighted by Crippen LogP contribution is -2.18. The van der Waals surface area contributed by atoms with E-state index in [1.165, 1.54) is 5.56 Å². The van der Waals surface area contributed by atoms with Gasteiger partial charge in [-0.25, -0.2) is 0 Å². The number of pyridine rings is 1. The van der Waals surface area contributed by atoms with Gasteiger partial charge >= 0.3 is 0 Å². The van der Waals surface area contributed by atoms with Crippen LogP contribution in [0.4, 0.5) is 17.1 Å². The molecule has 0 aliphatic rings. The number of carbonyl (C=O) groups excluding carboxylic acids is 1. The van der Waals surface area contributed by atoms with Gasteiger partial charge in [0.25, 0.3) is 5.91 Å². The molecule has 5 nitrogen and oxygen atoms in total. The third-order valence-electron chi connectivity index (χ3n) is 4.17. The van der Waals surface area contributed by atoms with E-state index in [0.29, 0.717) is 16.9 Å². The van der Waals surface area contributed by atoms with Crippen molar-refractivity contribution in [2.75, 3.05) is 16.8 Å². The maximum absolute atomic E-state index is 12.6. The van der Waals surface area contributed by atoms with Crippen LogP contribution in [0.1, 0.15) is 28.5 Å². The van der Waals surface area contributed by atoms with Gasteiger partial charge < -0.3 is 10.2 Å². The lowest BCUT2D eigenvalue weighted by molar-refractivity contribution is 0.102. The van der Waals surface area contributed by atoms with E-state index in [9.17, 15) is 4.79 Å². The van der Waals surface area contributed by atoms with Crippen LogP contribution in [-0.2, 0) is 0 Å². The summed E-state index contributed by atoms with van der Waals surface area (Å²) in [5, 5.41) is 11.8. The van der Waals surface area contributed by atoms with Gasteiger partial charge in [-0.1, -0.05) is 18.2 Å². The number of benzene rings is 2. The summed E-state index contributed by atoms with van der Waals surface area (Å²) in [4.78, 5) is 18.9. The average molecular weight is 356 g/mol. The van der Waals surface area contributed by atoms with E-state index in [2.05, 4.69) is 47.3 Å². The fourth-order valence-corrected chi connectivity index (χ4v) is 2.88.